The smallest absolute Gasteiger partial charge is 0.287 e. The minimum atomic E-state index is -3.47. The van der Waals surface area contributed by atoms with Crippen molar-refractivity contribution in [1.82, 2.24) is 9.71 Å². The third kappa shape index (κ3) is 4.21. The normalized spacial score (nSPS) is 11.2. The Hall–Kier alpha value is -2.04. The summed E-state index contributed by atoms with van der Waals surface area (Å²) in [5.74, 6) is 0.441. The summed E-state index contributed by atoms with van der Waals surface area (Å²) in [7, 11) is -3.47. The van der Waals surface area contributed by atoms with E-state index in [1.807, 2.05) is 0 Å². The summed E-state index contributed by atoms with van der Waals surface area (Å²) in [5, 5.41) is 15.0. The molecular formula is C11H12N4O4S2. The molecule has 0 aliphatic heterocycles. The Kier molecular flexibility index (Phi) is 4.83. The van der Waals surface area contributed by atoms with E-state index < -0.39 is 14.9 Å². The molecule has 2 heterocycles. The lowest BCUT2D eigenvalue weighted by Crippen LogP contribution is -2.28. The average Bonchev–Trinajstić information content (AvgIpc) is 2.99. The third-order valence-corrected chi connectivity index (χ3v) is 5.30. The second-order valence-electron chi connectivity index (χ2n) is 3.92. The Morgan fingerprint density at radius 1 is 1.29 bits per heavy atom. The van der Waals surface area contributed by atoms with Crippen molar-refractivity contribution in [1.29, 1.82) is 0 Å². The van der Waals surface area contributed by atoms with Crippen LogP contribution in [0.3, 0.4) is 0 Å². The Labute approximate surface area is 125 Å². The number of nitrogens with one attached hydrogen (secondary N) is 2. The fourth-order valence-corrected chi connectivity index (χ4v) is 3.53. The van der Waals surface area contributed by atoms with Gasteiger partial charge in [-0.3, -0.25) is 10.1 Å². The lowest BCUT2D eigenvalue weighted by molar-refractivity contribution is -0.385. The van der Waals surface area contributed by atoms with E-state index in [9.17, 15) is 18.5 Å². The molecule has 112 valence electrons. The molecule has 2 aromatic rings. The molecule has 0 aliphatic rings. The van der Waals surface area contributed by atoms with Crippen LogP contribution in [0.5, 0.6) is 0 Å². The van der Waals surface area contributed by atoms with Gasteiger partial charge >= 0.3 is 0 Å². The standard InChI is InChI=1S/C11H12N4O4S2/c16-15(17)9-3-4-10(13-8-9)12-5-6-14-21(18,19)11-2-1-7-20-11/h1-4,7-8,14H,5-6H2,(H,12,13). The number of thiophene rings is 1. The summed E-state index contributed by atoms with van der Waals surface area (Å²) >= 11 is 1.14. The van der Waals surface area contributed by atoms with Gasteiger partial charge in [0.1, 0.15) is 16.2 Å². The number of anilines is 1. The zero-order valence-corrected chi connectivity index (χ0v) is 12.4. The van der Waals surface area contributed by atoms with Crippen LogP contribution in [0, 0.1) is 10.1 Å². The maximum absolute atomic E-state index is 11.8. The average molecular weight is 328 g/mol. The van der Waals surface area contributed by atoms with Crippen LogP contribution >= 0.6 is 11.3 Å². The summed E-state index contributed by atoms with van der Waals surface area (Å²) in [6, 6.07) is 5.98. The number of pyridine rings is 1. The SMILES string of the molecule is O=[N+]([O-])c1ccc(NCCNS(=O)(=O)c2cccs2)nc1. The first kappa shape index (κ1) is 15.4. The number of hydrogen-bond acceptors (Lipinski definition) is 7. The summed E-state index contributed by atoms with van der Waals surface area (Å²) < 4.78 is 26.3. The Morgan fingerprint density at radius 3 is 2.67 bits per heavy atom. The van der Waals surface area contributed by atoms with Crippen LogP contribution in [-0.4, -0.2) is 31.4 Å². The molecule has 0 saturated carbocycles. The Balaban J connectivity index is 1.81. The van der Waals surface area contributed by atoms with Crippen molar-refractivity contribution in [3.8, 4) is 0 Å². The van der Waals surface area contributed by atoms with Gasteiger partial charge in [-0.05, 0) is 17.5 Å². The van der Waals surface area contributed by atoms with Gasteiger partial charge in [-0.15, -0.1) is 11.3 Å². The van der Waals surface area contributed by atoms with Gasteiger partial charge in [0.15, 0.2) is 0 Å². The van der Waals surface area contributed by atoms with E-state index in [-0.39, 0.29) is 16.4 Å². The minimum Gasteiger partial charge on any atom is -0.369 e. The van der Waals surface area contributed by atoms with Gasteiger partial charge in [0.2, 0.25) is 10.0 Å². The topological polar surface area (TPSA) is 114 Å². The van der Waals surface area contributed by atoms with Crippen molar-refractivity contribution >= 4 is 32.9 Å². The maximum atomic E-state index is 11.8. The van der Waals surface area contributed by atoms with Crippen LogP contribution in [0.25, 0.3) is 0 Å². The molecule has 21 heavy (non-hydrogen) atoms. The molecule has 0 fully saturated rings. The Bertz CT molecular complexity index is 698. The van der Waals surface area contributed by atoms with Crippen molar-refractivity contribution < 1.29 is 13.3 Å². The van der Waals surface area contributed by atoms with Gasteiger partial charge in [-0.2, -0.15) is 0 Å². The van der Waals surface area contributed by atoms with Gasteiger partial charge in [0.25, 0.3) is 5.69 Å². The van der Waals surface area contributed by atoms with Gasteiger partial charge in [-0.25, -0.2) is 18.1 Å². The van der Waals surface area contributed by atoms with Gasteiger partial charge < -0.3 is 5.32 Å². The molecule has 0 amide bonds. The molecule has 0 spiro atoms. The fourth-order valence-electron chi connectivity index (χ4n) is 1.46. The molecule has 0 bridgehead atoms. The highest BCUT2D eigenvalue weighted by molar-refractivity contribution is 7.91. The summed E-state index contributed by atoms with van der Waals surface area (Å²) in [6.07, 6.45) is 1.14. The molecule has 0 aliphatic carbocycles. The van der Waals surface area contributed by atoms with Crippen molar-refractivity contribution in [2.45, 2.75) is 4.21 Å². The van der Waals surface area contributed by atoms with E-state index in [0.29, 0.717) is 12.4 Å². The summed E-state index contributed by atoms with van der Waals surface area (Å²) in [6.45, 7) is 0.494. The predicted octanol–water partition coefficient (Wildman–Crippen LogP) is 1.44. The summed E-state index contributed by atoms with van der Waals surface area (Å²) in [5.41, 5.74) is -0.0982. The zero-order chi connectivity index (χ0) is 15.3. The molecule has 0 radical (unpaired) electrons. The first-order chi connectivity index (χ1) is 9.99. The van der Waals surface area contributed by atoms with E-state index in [1.54, 1.807) is 11.4 Å². The zero-order valence-electron chi connectivity index (χ0n) is 10.7. The molecule has 8 nitrogen and oxygen atoms in total. The van der Waals surface area contributed by atoms with E-state index in [1.165, 1.54) is 18.2 Å². The summed E-state index contributed by atoms with van der Waals surface area (Å²) in [4.78, 5) is 13.8. The second-order valence-corrected chi connectivity index (χ2v) is 6.86. The van der Waals surface area contributed by atoms with Crippen molar-refractivity contribution in [2.75, 3.05) is 18.4 Å². The minimum absolute atomic E-state index is 0.0982. The predicted molar refractivity (Wildman–Crippen MR) is 78.9 cm³/mol. The molecule has 0 atom stereocenters. The number of nitro groups is 1. The molecule has 10 heteroatoms. The molecule has 0 aromatic carbocycles. The molecule has 2 N–H and O–H groups in total. The highest BCUT2D eigenvalue weighted by Gasteiger charge is 2.13. The largest absolute Gasteiger partial charge is 0.369 e. The van der Waals surface area contributed by atoms with Crippen LogP contribution < -0.4 is 10.0 Å². The van der Waals surface area contributed by atoms with Crippen molar-refractivity contribution in [2.24, 2.45) is 0 Å². The van der Waals surface area contributed by atoms with E-state index in [2.05, 4.69) is 15.0 Å². The third-order valence-electron chi connectivity index (χ3n) is 2.44. The quantitative estimate of drug-likeness (QED) is 0.451. The monoisotopic (exact) mass is 328 g/mol. The molecule has 2 aromatic heterocycles. The number of sulfonamides is 1. The van der Waals surface area contributed by atoms with E-state index in [0.717, 1.165) is 17.5 Å². The number of hydrogen-bond donors (Lipinski definition) is 2. The van der Waals surface area contributed by atoms with Gasteiger partial charge in [0.05, 0.1) is 4.92 Å². The highest BCUT2D eigenvalue weighted by atomic mass is 32.2. The second kappa shape index (κ2) is 6.61. The van der Waals surface area contributed by atoms with Crippen molar-refractivity contribution in [3.63, 3.8) is 0 Å². The fraction of sp³-hybridized carbons (Fsp3) is 0.182. The first-order valence-electron chi connectivity index (χ1n) is 5.86. The lowest BCUT2D eigenvalue weighted by Gasteiger charge is -2.06. The van der Waals surface area contributed by atoms with Crippen LogP contribution in [0.2, 0.25) is 0 Å². The lowest BCUT2D eigenvalue weighted by atomic mass is 10.4. The van der Waals surface area contributed by atoms with Crippen LogP contribution in [0.4, 0.5) is 11.5 Å². The Morgan fingerprint density at radius 2 is 2.10 bits per heavy atom. The molecule has 0 unspecified atom stereocenters. The van der Waals surface area contributed by atoms with Crippen LogP contribution in [-0.2, 0) is 10.0 Å². The van der Waals surface area contributed by atoms with Gasteiger partial charge in [0, 0.05) is 19.2 Å². The maximum Gasteiger partial charge on any atom is 0.287 e. The number of aromatic nitrogens is 1. The van der Waals surface area contributed by atoms with E-state index in [4.69, 9.17) is 0 Å². The number of rotatable bonds is 7. The van der Waals surface area contributed by atoms with Crippen LogP contribution in [0.15, 0.2) is 40.1 Å². The van der Waals surface area contributed by atoms with Crippen LogP contribution in [0.1, 0.15) is 0 Å². The molecular weight excluding hydrogens is 316 g/mol. The van der Waals surface area contributed by atoms with E-state index >= 15 is 0 Å². The van der Waals surface area contributed by atoms with Gasteiger partial charge in [-0.1, -0.05) is 6.07 Å². The first-order valence-corrected chi connectivity index (χ1v) is 8.23. The molecule has 2 rings (SSSR count). The van der Waals surface area contributed by atoms with Crippen molar-refractivity contribution in [3.05, 3.63) is 46.0 Å². The molecule has 0 saturated heterocycles. The number of nitrogens with zero attached hydrogens (tertiary/aromatic N) is 2. The highest BCUT2D eigenvalue weighted by Crippen LogP contribution is 2.15.